The minimum absolute atomic E-state index is 0.234. The number of nitrogens with zero attached hydrogens (tertiary/aromatic N) is 4. The Morgan fingerprint density at radius 2 is 1.90 bits per heavy atom. The molecule has 6 nitrogen and oxygen atoms in total. The van der Waals surface area contributed by atoms with Crippen LogP contribution in [0.3, 0.4) is 0 Å². The molecule has 0 bridgehead atoms. The van der Waals surface area contributed by atoms with Crippen LogP contribution in [0.4, 0.5) is 10.5 Å². The minimum Gasteiger partial charge on any atom is -0.285 e. The van der Waals surface area contributed by atoms with Crippen LogP contribution in [0.5, 0.6) is 0 Å². The van der Waals surface area contributed by atoms with E-state index in [1.165, 1.54) is 9.36 Å². The van der Waals surface area contributed by atoms with Crippen molar-refractivity contribution in [2.45, 2.75) is 26.9 Å². The fourth-order valence-electron chi connectivity index (χ4n) is 2.41. The number of carbonyl (C=O) groups is 1. The topological polar surface area (TPSA) is 60.1 Å². The molecular weight excluding hydrogens is 336 g/mol. The molecule has 7 heteroatoms. The van der Waals surface area contributed by atoms with Gasteiger partial charge in [-0.3, -0.25) is 4.90 Å². The lowest BCUT2D eigenvalue weighted by Crippen LogP contribution is -2.34. The average molecular weight is 351 g/mol. The quantitative estimate of drug-likeness (QED) is 0.854. The van der Waals surface area contributed by atoms with Gasteiger partial charge in [0.15, 0.2) is 5.82 Å². The van der Waals surface area contributed by atoms with Gasteiger partial charge in [-0.15, -0.1) is 0 Å². The van der Waals surface area contributed by atoms with Crippen LogP contribution in [0.1, 0.15) is 19.7 Å². The first-order valence-electron chi connectivity index (χ1n) is 6.73. The first kappa shape index (κ1) is 14.1. The first-order chi connectivity index (χ1) is 9.97. The van der Waals surface area contributed by atoms with Crippen LogP contribution >= 0.6 is 15.9 Å². The van der Waals surface area contributed by atoms with Gasteiger partial charge < -0.3 is 0 Å². The van der Waals surface area contributed by atoms with Gasteiger partial charge in [0, 0.05) is 16.7 Å². The summed E-state index contributed by atoms with van der Waals surface area (Å²) in [5, 5.41) is 0. The number of halogens is 1. The summed E-state index contributed by atoms with van der Waals surface area (Å²) in [6, 6.07) is 7.25. The van der Waals surface area contributed by atoms with Crippen molar-refractivity contribution < 1.29 is 4.79 Å². The Kier molecular flexibility index (Phi) is 3.44. The van der Waals surface area contributed by atoms with Gasteiger partial charge in [0.2, 0.25) is 0 Å². The second-order valence-corrected chi connectivity index (χ2v) is 6.36. The molecule has 1 aromatic carbocycles. The second kappa shape index (κ2) is 5.14. The predicted molar refractivity (Wildman–Crippen MR) is 82.4 cm³/mol. The number of amides is 1. The first-order valence-corrected chi connectivity index (χ1v) is 7.53. The highest BCUT2D eigenvalue weighted by atomic mass is 79.9. The highest BCUT2D eigenvalue weighted by molar-refractivity contribution is 9.10. The van der Waals surface area contributed by atoms with Gasteiger partial charge in [0.25, 0.3) is 0 Å². The molecule has 1 aliphatic rings. The van der Waals surface area contributed by atoms with E-state index >= 15 is 0 Å². The molecule has 1 aromatic heterocycles. The molecule has 21 heavy (non-hydrogen) atoms. The van der Waals surface area contributed by atoms with E-state index in [4.69, 9.17) is 0 Å². The van der Waals surface area contributed by atoms with E-state index in [0.29, 0.717) is 18.9 Å². The lowest BCUT2D eigenvalue weighted by atomic mass is 10.2. The second-order valence-electron chi connectivity index (χ2n) is 5.44. The van der Waals surface area contributed by atoms with Gasteiger partial charge in [-0.1, -0.05) is 29.8 Å². The minimum atomic E-state index is -0.359. The van der Waals surface area contributed by atoms with E-state index < -0.39 is 0 Å². The Balaban J connectivity index is 1.98. The zero-order chi connectivity index (χ0) is 15.1. The Hall–Kier alpha value is -1.89. The molecule has 0 fully saturated rings. The molecule has 0 saturated carbocycles. The number of aromatic nitrogens is 3. The fraction of sp³-hybridized carbons (Fsp3) is 0.357. The number of anilines is 1. The van der Waals surface area contributed by atoms with E-state index in [0.717, 1.165) is 10.2 Å². The molecule has 0 N–H and O–H groups in total. The summed E-state index contributed by atoms with van der Waals surface area (Å²) < 4.78 is 3.76. The molecule has 1 aliphatic heterocycles. The summed E-state index contributed by atoms with van der Waals surface area (Å²) in [6.45, 7) is 4.79. The summed E-state index contributed by atoms with van der Waals surface area (Å²) >= 11 is 3.37. The van der Waals surface area contributed by atoms with Crippen LogP contribution in [0.25, 0.3) is 0 Å². The highest BCUT2D eigenvalue weighted by Crippen LogP contribution is 2.24. The summed E-state index contributed by atoms with van der Waals surface area (Å²) in [4.78, 5) is 30.1. The Morgan fingerprint density at radius 1 is 1.24 bits per heavy atom. The van der Waals surface area contributed by atoms with Crippen molar-refractivity contribution in [2.24, 2.45) is 5.92 Å². The van der Waals surface area contributed by atoms with Crippen molar-refractivity contribution in [1.82, 2.24) is 14.3 Å². The van der Waals surface area contributed by atoms with Gasteiger partial charge in [0.1, 0.15) is 0 Å². The van der Waals surface area contributed by atoms with Crippen LogP contribution < -0.4 is 10.6 Å². The molecule has 110 valence electrons. The SMILES string of the molecule is CC(C)Cn1c(=O)nc2n1C(=O)N(c1ccc(Br)cc1)C2. The van der Waals surface area contributed by atoms with E-state index in [1.807, 2.05) is 38.1 Å². The molecule has 2 heterocycles. The van der Waals surface area contributed by atoms with Crippen molar-refractivity contribution in [3.05, 3.63) is 45.0 Å². The zero-order valence-corrected chi connectivity index (χ0v) is 13.4. The van der Waals surface area contributed by atoms with E-state index in [9.17, 15) is 9.59 Å². The van der Waals surface area contributed by atoms with Crippen molar-refractivity contribution in [3.8, 4) is 0 Å². The molecule has 2 aromatic rings. The molecule has 0 unspecified atom stereocenters. The molecule has 0 radical (unpaired) electrons. The Bertz CT molecular complexity index is 745. The molecule has 0 spiro atoms. The monoisotopic (exact) mass is 350 g/mol. The molecule has 0 aliphatic carbocycles. The van der Waals surface area contributed by atoms with Crippen LogP contribution in [0.15, 0.2) is 33.5 Å². The zero-order valence-electron chi connectivity index (χ0n) is 11.8. The summed E-state index contributed by atoms with van der Waals surface area (Å²) in [5.74, 6) is 0.756. The number of rotatable bonds is 3. The molecule has 3 rings (SSSR count). The number of hydrogen-bond acceptors (Lipinski definition) is 3. The molecule has 1 amide bonds. The van der Waals surface area contributed by atoms with Gasteiger partial charge >= 0.3 is 11.7 Å². The third kappa shape index (κ3) is 2.42. The van der Waals surface area contributed by atoms with Crippen molar-refractivity contribution >= 4 is 27.6 Å². The number of carbonyl (C=O) groups excluding carboxylic acids is 1. The smallest absolute Gasteiger partial charge is 0.285 e. The number of benzene rings is 1. The maximum Gasteiger partial charge on any atom is 0.364 e. The molecular formula is C14H15BrN4O2. The Morgan fingerprint density at radius 3 is 2.52 bits per heavy atom. The van der Waals surface area contributed by atoms with Crippen LogP contribution in [0.2, 0.25) is 0 Å². The van der Waals surface area contributed by atoms with Gasteiger partial charge in [-0.25, -0.2) is 14.3 Å². The van der Waals surface area contributed by atoms with Gasteiger partial charge in [-0.2, -0.15) is 9.67 Å². The normalized spacial score (nSPS) is 14.1. The van der Waals surface area contributed by atoms with E-state index in [2.05, 4.69) is 20.9 Å². The lowest BCUT2D eigenvalue weighted by molar-refractivity contribution is 0.242. The van der Waals surface area contributed by atoms with Gasteiger partial charge in [0.05, 0.1) is 6.54 Å². The average Bonchev–Trinajstić information content (AvgIpc) is 2.89. The van der Waals surface area contributed by atoms with Crippen LogP contribution in [0, 0.1) is 5.92 Å². The van der Waals surface area contributed by atoms with Crippen molar-refractivity contribution in [1.29, 1.82) is 0 Å². The summed E-state index contributed by atoms with van der Waals surface area (Å²) in [5.41, 5.74) is 0.430. The summed E-state index contributed by atoms with van der Waals surface area (Å²) in [7, 11) is 0. The largest absolute Gasteiger partial charge is 0.364 e. The lowest BCUT2D eigenvalue weighted by Gasteiger charge is -2.16. The van der Waals surface area contributed by atoms with Crippen LogP contribution in [-0.4, -0.2) is 20.4 Å². The summed E-state index contributed by atoms with van der Waals surface area (Å²) in [6.07, 6.45) is 0. The standard InChI is InChI=1S/C14H15BrN4O2/c1-9(2)7-18-13(20)16-12-8-17(14(21)19(12)18)11-5-3-10(15)4-6-11/h3-6,9H,7-8H2,1-2H3. The third-order valence-electron chi connectivity index (χ3n) is 3.32. The van der Waals surface area contributed by atoms with Gasteiger partial charge in [-0.05, 0) is 30.2 Å². The molecule has 0 saturated heterocycles. The predicted octanol–water partition coefficient (Wildman–Crippen LogP) is 2.45. The molecule has 0 atom stereocenters. The van der Waals surface area contributed by atoms with Crippen molar-refractivity contribution in [2.75, 3.05) is 4.90 Å². The number of fused-ring (bicyclic) bond motifs is 1. The number of hydrogen-bond donors (Lipinski definition) is 0. The van der Waals surface area contributed by atoms with E-state index in [-0.39, 0.29) is 17.6 Å². The maximum atomic E-state index is 12.6. The third-order valence-corrected chi connectivity index (χ3v) is 3.85. The maximum absolute atomic E-state index is 12.6. The van der Waals surface area contributed by atoms with Crippen molar-refractivity contribution in [3.63, 3.8) is 0 Å². The van der Waals surface area contributed by atoms with E-state index in [1.54, 1.807) is 4.90 Å². The fourth-order valence-corrected chi connectivity index (χ4v) is 2.67. The van der Waals surface area contributed by atoms with Crippen LogP contribution in [-0.2, 0) is 13.1 Å². The highest BCUT2D eigenvalue weighted by Gasteiger charge is 2.33. The Labute approximate surface area is 130 Å².